The Morgan fingerprint density at radius 2 is 2.12 bits per heavy atom. The smallest absolute Gasteiger partial charge is 0.151 e. The van der Waals surface area contributed by atoms with Gasteiger partial charge in [-0.2, -0.15) is 0 Å². The van der Waals surface area contributed by atoms with Gasteiger partial charge >= 0.3 is 0 Å². The lowest BCUT2D eigenvalue weighted by Crippen LogP contribution is -2.20. The van der Waals surface area contributed by atoms with Crippen LogP contribution in [0.2, 0.25) is 0 Å². The number of pyridine rings is 1. The van der Waals surface area contributed by atoms with Gasteiger partial charge in [-0.15, -0.1) is 0 Å². The van der Waals surface area contributed by atoms with Crippen LogP contribution in [0.1, 0.15) is 36.5 Å². The number of aromatic nitrogens is 2. The van der Waals surface area contributed by atoms with E-state index in [1.54, 1.807) is 12.4 Å². The lowest BCUT2D eigenvalue weighted by atomic mass is 10.1. The van der Waals surface area contributed by atoms with Crippen molar-refractivity contribution in [3.63, 3.8) is 0 Å². The summed E-state index contributed by atoms with van der Waals surface area (Å²) >= 11 is 0. The summed E-state index contributed by atoms with van der Waals surface area (Å²) in [5.74, 6) is 3.29. The number of hydrogen-bond acceptors (Lipinski definition) is 5. The summed E-state index contributed by atoms with van der Waals surface area (Å²) in [7, 11) is 2.09. The Hall–Kier alpha value is -2.40. The fourth-order valence-corrected chi connectivity index (χ4v) is 2.66. The minimum Gasteiger partial charge on any atom is -0.466 e. The van der Waals surface area contributed by atoms with Crippen molar-refractivity contribution in [3.8, 4) is 11.3 Å². The molecule has 0 saturated carbocycles. The molecule has 1 atom stereocenters. The highest BCUT2D eigenvalue weighted by molar-refractivity contribution is 5.57. The molecule has 0 saturated heterocycles. The molecule has 24 heavy (non-hydrogen) atoms. The minimum absolute atomic E-state index is 0.404. The largest absolute Gasteiger partial charge is 0.466 e. The normalized spacial score (nSPS) is 12.7. The lowest BCUT2D eigenvalue weighted by molar-refractivity contribution is 0.262. The van der Waals surface area contributed by atoms with Crippen LogP contribution in [0.3, 0.4) is 0 Å². The minimum atomic E-state index is 0.404. The molecule has 0 aliphatic heterocycles. The highest BCUT2D eigenvalue weighted by Crippen LogP contribution is 2.22. The molecule has 0 aliphatic carbocycles. The van der Waals surface area contributed by atoms with E-state index in [1.165, 1.54) is 0 Å². The molecule has 0 radical (unpaired) electrons. The van der Waals surface area contributed by atoms with Crippen LogP contribution in [0.5, 0.6) is 0 Å². The maximum atomic E-state index is 5.70. The molecular weight excluding hydrogens is 302 g/mol. The van der Waals surface area contributed by atoms with E-state index >= 15 is 0 Å². The van der Waals surface area contributed by atoms with Gasteiger partial charge in [0.2, 0.25) is 0 Å². The summed E-state index contributed by atoms with van der Waals surface area (Å²) in [5, 5.41) is 4.13. The molecule has 5 nitrogen and oxygen atoms in total. The molecule has 3 aromatic heterocycles. The number of furan rings is 1. The van der Waals surface area contributed by atoms with Crippen molar-refractivity contribution in [2.24, 2.45) is 0 Å². The van der Waals surface area contributed by atoms with Gasteiger partial charge in [0.25, 0.3) is 0 Å². The van der Waals surface area contributed by atoms with Crippen LogP contribution < -0.4 is 0 Å². The first-order valence-electron chi connectivity index (χ1n) is 8.22. The van der Waals surface area contributed by atoms with Crippen molar-refractivity contribution in [1.29, 1.82) is 0 Å². The number of hydrogen-bond donors (Lipinski definition) is 0. The molecule has 0 N–H and O–H groups in total. The third-order valence-electron chi connectivity index (χ3n) is 4.13. The summed E-state index contributed by atoms with van der Waals surface area (Å²) in [4.78, 5) is 6.35. The second-order valence-electron chi connectivity index (χ2n) is 6.30. The molecular formula is C19H23N3O2. The monoisotopic (exact) mass is 325 g/mol. The van der Waals surface area contributed by atoms with E-state index in [-0.39, 0.29) is 0 Å². The first-order valence-corrected chi connectivity index (χ1v) is 8.22. The highest BCUT2D eigenvalue weighted by Gasteiger charge is 2.13. The van der Waals surface area contributed by atoms with Crippen LogP contribution in [0.4, 0.5) is 0 Å². The van der Waals surface area contributed by atoms with Gasteiger partial charge in [0.05, 0.1) is 6.54 Å². The van der Waals surface area contributed by atoms with Crippen LogP contribution in [0.25, 0.3) is 11.3 Å². The van der Waals surface area contributed by atoms with Gasteiger partial charge < -0.3 is 8.94 Å². The number of aryl methyl sites for hydroxylation is 1. The third kappa shape index (κ3) is 4.11. The van der Waals surface area contributed by atoms with Crippen molar-refractivity contribution in [1.82, 2.24) is 15.0 Å². The van der Waals surface area contributed by atoms with E-state index in [0.29, 0.717) is 5.92 Å². The fraction of sp³-hybridized carbons (Fsp3) is 0.368. The second-order valence-corrected chi connectivity index (χ2v) is 6.30. The standard InChI is InChI=1S/C19H23N3O2/c1-14(19-7-6-15(2)23-19)8-10-22(3)13-17-11-18(21-24-17)16-5-4-9-20-12-16/h4-7,9,11-12,14H,8,10,13H2,1-3H3/t14-/m1/s1. The van der Waals surface area contributed by atoms with Crippen LogP contribution in [0, 0.1) is 6.92 Å². The van der Waals surface area contributed by atoms with Gasteiger partial charge in [-0.3, -0.25) is 9.88 Å². The zero-order chi connectivity index (χ0) is 16.9. The highest BCUT2D eigenvalue weighted by atomic mass is 16.5. The van der Waals surface area contributed by atoms with Crippen LogP contribution in [0.15, 0.2) is 51.7 Å². The van der Waals surface area contributed by atoms with Gasteiger partial charge in [0, 0.05) is 29.9 Å². The van der Waals surface area contributed by atoms with E-state index in [0.717, 1.165) is 48.0 Å². The Balaban J connectivity index is 1.52. The summed E-state index contributed by atoms with van der Waals surface area (Å²) in [6.07, 6.45) is 4.57. The first-order chi connectivity index (χ1) is 11.6. The van der Waals surface area contributed by atoms with E-state index in [4.69, 9.17) is 8.94 Å². The van der Waals surface area contributed by atoms with Crippen molar-refractivity contribution >= 4 is 0 Å². The van der Waals surface area contributed by atoms with E-state index in [2.05, 4.69) is 35.1 Å². The van der Waals surface area contributed by atoms with Crippen molar-refractivity contribution in [2.75, 3.05) is 13.6 Å². The lowest BCUT2D eigenvalue weighted by Gasteiger charge is -2.17. The maximum absolute atomic E-state index is 5.70. The predicted molar refractivity (Wildman–Crippen MR) is 92.5 cm³/mol. The predicted octanol–water partition coefficient (Wildman–Crippen LogP) is 4.26. The molecule has 0 fully saturated rings. The molecule has 3 aromatic rings. The third-order valence-corrected chi connectivity index (χ3v) is 4.13. The maximum Gasteiger partial charge on any atom is 0.151 e. The van der Waals surface area contributed by atoms with Gasteiger partial charge in [-0.25, -0.2) is 0 Å². The van der Waals surface area contributed by atoms with Crippen molar-refractivity contribution in [3.05, 3.63) is 60.0 Å². The van der Waals surface area contributed by atoms with E-state index < -0.39 is 0 Å². The topological polar surface area (TPSA) is 55.3 Å². The number of rotatable bonds is 7. The summed E-state index contributed by atoms with van der Waals surface area (Å²) in [6.45, 7) is 5.87. The average molecular weight is 325 g/mol. The second kappa shape index (κ2) is 7.45. The van der Waals surface area contributed by atoms with Crippen LogP contribution >= 0.6 is 0 Å². The molecule has 0 aromatic carbocycles. The van der Waals surface area contributed by atoms with Gasteiger partial charge in [-0.05, 0) is 51.2 Å². The Kier molecular flexibility index (Phi) is 5.11. The van der Waals surface area contributed by atoms with Gasteiger partial charge in [-0.1, -0.05) is 12.1 Å². The Morgan fingerprint density at radius 1 is 1.25 bits per heavy atom. The Bertz CT molecular complexity index is 764. The molecule has 0 unspecified atom stereocenters. The van der Waals surface area contributed by atoms with E-state index in [1.807, 2.05) is 31.2 Å². The zero-order valence-electron chi connectivity index (χ0n) is 14.4. The summed E-state index contributed by atoms with van der Waals surface area (Å²) in [5.41, 5.74) is 1.79. The van der Waals surface area contributed by atoms with Crippen LogP contribution in [-0.2, 0) is 6.54 Å². The van der Waals surface area contributed by atoms with Gasteiger partial charge in [0.1, 0.15) is 17.2 Å². The molecule has 3 heterocycles. The zero-order valence-corrected chi connectivity index (χ0v) is 14.4. The molecule has 126 valence electrons. The Morgan fingerprint density at radius 3 is 2.83 bits per heavy atom. The SMILES string of the molecule is Cc1ccc([C@H](C)CCN(C)Cc2cc(-c3cccnc3)no2)o1. The van der Waals surface area contributed by atoms with Crippen LogP contribution in [-0.4, -0.2) is 28.6 Å². The molecule has 0 spiro atoms. The quantitative estimate of drug-likeness (QED) is 0.649. The summed E-state index contributed by atoms with van der Waals surface area (Å²) in [6, 6.07) is 9.94. The fourth-order valence-electron chi connectivity index (χ4n) is 2.66. The van der Waals surface area contributed by atoms with Crippen molar-refractivity contribution < 1.29 is 8.94 Å². The average Bonchev–Trinajstić information content (AvgIpc) is 3.23. The first kappa shape index (κ1) is 16.5. The van der Waals surface area contributed by atoms with Gasteiger partial charge in [0.15, 0.2) is 5.76 Å². The summed E-state index contributed by atoms with van der Waals surface area (Å²) < 4.78 is 11.1. The molecule has 0 aliphatic rings. The number of nitrogens with zero attached hydrogens (tertiary/aromatic N) is 3. The van der Waals surface area contributed by atoms with Crippen molar-refractivity contribution in [2.45, 2.75) is 32.7 Å². The molecule has 0 amide bonds. The van der Waals surface area contributed by atoms with E-state index in [9.17, 15) is 0 Å². The molecule has 3 rings (SSSR count). The molecule has 5 heteroatoms. The Labute approximate surface area is 142 Å². The molecule has 0 bridgehead atoms.